The smallest absolute Gasteiger partial charge is 0.165 e. The van der Waals surface area contributed by atoms with E-state index in [4.69, 9.17) is 4.74 Å². The number of thiophene rings is 1. The number of phenolic OH excluding ortho intramolecular Hbond substituents is 1. The Hall–Kier alpha value is -2.24. The minimum Gasteiger partial charge on any atom is -0.504 e. The largest absolute Gasteiger partial charge is 0.504 e. The molecule has 0 saturated carbocycles. The van der Waals surface area contributed by atoms with Gasteiger partial charge in [-0.25, -0.2) is 0 Å². The van der Waals surface area contributed by atoms with Crippen molar-refractivity contribution in [1.82, 2.24) is 9.47 Å². The summed E-state index contributed by atoms with van der Waals surface area (Å²) < 4.78 is 7.98. The number of aryl methyl sites for hydroxylation is 1. The molecule has 2 aromatic heterocycles. The molecular formula is C19H20N2O2S. The summed E-state index contributed by atoms with van der Waals surface area (Å²) in [6.07, 6.45) is 2.07. The van der Waals surface area contributed by atoms with Crippen LogP contribution in [0.1, 0.15) is 11.3 Å². The van der Waals surface area contributed by atoms with E-state index < -0.39 is 0 Å². The molecular weight excluding hydrogens is 320 g/mol. The summed E-state index contributed by atoms with van der Waals surface area (Å²) in [4.78, 5) is 3.52. The molecule has 24 heavy (non-hydrogen) atoms. The van der Waals surface area contributed by atoms with Crippen LogP contribution in [0.5, 0.6) is 11.5 Å². The zero-order chi connectivity index (χ0) is 16.5. The lowest BCUT2D eigenvalue weighted by Crippen LogP contribution is -2.26. The van der Waals surface area contributed by atoms with Gasteiger partial charge in [-0.1, -0.05) is 6.07 Å². The minimum absolute atomic E-state index is 0.233. The van der Waals surface area contributed by atoms with Gasteiger partial charge in [0.25, 0.3) is 0 Å². The van der Waals surface area contributed by atoms with Gasteiger partial charge in [0.2, 0.25) is 0 Å². The second-order valence-electron chi connectivity index (χ2n) is 6.13. The molecule has 1 N–H and O–H groups in total. The van der Waals surface area contributed by atoms with Crippen LogP contribution >= 0.6 is 11.3 Å². The number of rotatable bonds is 3. The third-order valence-corrected chi connectivity index (χ3v) is 5.36. The van der Waals surface area contributed by atoms with Crippen LogP contribution in [0.4, 0.5) is 0 Å². The second kappa shape index (κ2) is 6.34. The monoisotopic (exact) mass is 340 g/mol. The molecule has 124 valence electrons. The van der Waals surface area contributed by atoms with Crippen molar-refractivity contribution in [3.63, 3.8) is 0 Å². The lowest BCUT2D eigenvalue weighted by Gasteiger charge is -2.20. The summed E-state index contributed by atoms with van der Waals surface area (Å²) in [5, 5.41) is 12.5. The Kier molecular flexibility index (Phi) is 4.04. The van der Waals surface area contributed by atoms with E-state index in [1.807, 2.05) is 6.07 Å². The molecule has 0 bridgehead atoms. The van der Waals surface area contributed by atoms with E-state index in [0.717, 1.165) is 35.6 Å². The summed E-state index contributed by atoms with van der Waals surface area (Å²) in [6.45, 7) is 3.07. The maximum Gasteiger partial charge on any atom is 0.165 e. The summed E-state index contributed by atoms with van der Waals surface area (Å²) in [5.74, 6) is 0.862. The fourth-order valence-electron chi connectivity index (χ4n) is 3.16. The minimum atomic E-state index is 0.233. The van der Waals surface area contributed by atoms with Crippen LogP contribution in [-0.2, 0) is 20.1 Å². The van der Waals surface area contributed by atoms with E-state index in [-0.39, 0.29) is 5.75 Å². The number of aromatic hydroxyl groups is 1. The molecule has 0 saturated heterocycles. The van der Waals surface area contributed by atoms with Gasteiger partial charge in [0, 0.05) is 49.0 Å². The Morgan fingerprint density at radius 2 is 2.17 bits per heavy atom. The molecule has 4 rings (SSSR count). The first-order valence-corrected chi connectivity index (χ1v) is 8.94. The molecule has 1 aliphatic rings. The zero-order valence-corrected chi connectivity index (χ0v) is 14.4. The first-order valence-electron chi connectivity index (χ1n) is 8.06. The quantitative estimate of drug-likeness (QED) is 0.787. The van der Waals surface area contributed by atoms with Gasteiger partial charge in [-0.05, 0) is 41.3 Å². The van der Waals surface area contributed by atoms with E-state index in [1.165, 1.54) is 5.69 Å². The van der Waals surface area contributed by atoms with Crippen molar-refractivity contribution in [2.45, 2.75) is 13.1 Å². The molecule has 1 aromatic carbocycles. The average Bonchev–Trinajstić information content (AvgIpc) is 3.17. The summed E-state index contributed by atoms with van der Waals surface area (Å²) in [6, 6.07) is 12.3. The van der Waals surface area contributed by atoms with Gasteiger partial charge in [-0.15, -0.1) is 11.3 Å². The fourth-order valence-corrected chi connectivity index (χ4v) is 3.88. The van der Waals surface area contributed by atoms with Gasteiger partial charge < -0.3 is 14.4 Å². The van der Waals surface area contributed by atoms with E-state index in [2.05, 4.69) is 52.4 Å². The van der Waals surface area contributed by atoms with Crippen molar-refractivity contribution in [3.05, 3.63) is 59.2 Å². The molecule has 4 nitrogen and oxygen atoms in total. The highest BCUT2D eigenvalue weighted by molar-refractivity contribution is 7.13. The summed E-state index contributed by atoms with van der Waals surface area (Å²) in [7, 11) is 2.07. The average molecular weight is 340 g/mol. The van der Waals surface area contributed by atoms with E-state index >= 15 is 0 Å². The molecule has 3 aromatic rings. The lowest BCUT2D eigenvalue weighted by atomic mass is 10.1. The van der Waals surface area contributed by atoms with Crippen LogP contribution in [0.2, 0.25) is 0 Å². The van der Waals surface area contributed by atoms with Crippen molar-refractivity contribution in [1.29, 1.82) is 0 Å². The Bertz CT molecular complexity index is 839. The number of ether oxygens (including phenoxy) is 1. The van der Waals surface area contributed by atoms with Gasteiger partial charge in [-0.3, -0.25) is 4.90 Å². The van der Waals surface area contributed by atoms with Gasteiger partial charge in [-0.2, -0.15) is 0 Å². The Morgan fingerprint density at radius 3 is 2.92 bits per heavy atom. The number of fused-ring (bicyclic) bond motifs is 1. The van der Waals surface area contributed by atoms with Crippen molar-refractivity contribution in [2.24, 2.45) is 7.05 Å². The van der Waals surface area contributed by atoms with Crippen LogP contribution in [0, 0.1) is 0 Å². The predicted octanol–water partition coefficient (Wildman–Crippen LogP) is 3.85. The molecule has 0 aliphatic carbocycles. The Balaban J connectivity index is 1.65. The standard InChI is InChI=1S/C19H20N2O2S/c1-20-6-2-4-16(20)13-21-7-8-23-19-15(12-21)10-14(11-17(19)22)18-5-3-9-24-18/h2-6,9-11,22H,7-8,12-13H2,1H3. The number of benzene rings is 1. The van der Waals surface area contributed by atoms with Gasteiger partial charge in [0.05, 0.1) is 0 Å². The maximum absolute atomic E-state index is 10.4. The van der Waals surface area contributed by atoms with E-state index in [1.54, 1.807) is 17.4 Å². The summed E-state index contributed by atoms with van der Waals surface area (Å²) >= 11 is 1.68. The molecule has 0 spiro atoms. The van der Waals surface area contributed by atoms with Crippen LogP contribution in [0.25, 0.3) is 10.4 Å². The third-order valence-electron chi connectivity index (χ3n) is 4.44. The first-order chi connectivity index (χ1) is 11.7. The number of hydrogen-bond acceptors (Lipinski definition) is 4. The molecule has 3 heterocycles. The van der Waals surface area contributed by atoms with Gasteiger partial charge >= 0.3 is 0 Å². The summed E-state index contributed by atoms with van der Waals surface area (Å²) in [5.41, 5.74) is 3.37. The predicted molar refractivity (Wildman–Crippen MR) is 96.4 cm³/mol. The molecule has 0 fully saturated rings. The zero-order valence-electron chi connectivity index (χ0n) is 13.6. The van der Waals surface area contributed by atoms with Crippen molar-refractivity contribution >= 4 is 11.3 Å². The second-order valence-corrected chi connectivity index (χ2v) is 7.08. The van der Waals surface area contributed by atoms with Gasteiger partial charge in [0.1, 0.15) is 6.61 Å². The molecule has 1 aliphatic heterocycles. The third kappa shape index (κ3) is 2.92. The van der Waals surface area contributed by atoms with E-state index in [9.17, 15) is 5.11 Å². The molecule has 0 unspecified atom stereocenters. The van der Waals surface area contributed by atoms with Crippen molar-refractivity contribution in [3.8, 4) is 21.9 Å². The van der Waals surface area contributed by atoms with Crippen molar-refractivity contribution < 1.29 is 9.84 Å². The fraction of sp³-hybridized carbons (Fsp3) is 0.263. The molecule has 5 heteroatoms. The first kappa shape index (κ1) is 15.3. The number of aromatic nitrogens is 1. The number of phenols is 1. The Labute approximate surface area is 145 Å². The highest BCUT2D eigenvalue weighted by Gasteiger charge is 2.20. The topological polar surface area (TPSA) is 37.6 Å². The number of nitrogens with zero attached hydrogens (tertiary/aromatic N) is 2. The van der Waals surface area contributed by atoms with Crippen LogP contribution in [0.15, 0.2) is 48.0 Å². The molecule has 0 radical (unpaired) electrons. The van der Waals surface area contributed by atoms with Gasteiger partial charge in [0.15, 0.2) is 11.5 Å². The maximum atomic E-state index is 10.4. The van der Waals surface area contributed by atoms with Crippen molar-refractivity contribution in [2.75, 3.05) is 13.2 Å². The van der Waals surface area contributed by atoms with E-state index in [0.29, 0.717) is 12.4 Å². The van der Waals surface area contributed by atoms with Crippen LogP contribution in [-0.4, -0.2) is 27.7 Å². The number of hydrogen-bond donors (Lipinski definition) is 1. The lowest BCUT2D eigenvalue weighted by molar-refractivity contribution is 0.214. The normalized spacial score (nSPS) is 14.9. The molecule has 0 amide bonds. The van der Waals surface area contributed by atoms with Crippen LogP contribution < -0.4 is 4.74 Å². The Morgan fingerprint density at radius 1 is 1.25 bits per heavy atom. The highest BCUT2D eigenvalue weighted by Crippen LogP contribution is 2.38. The molecule has 0 atom stereocenters. The van der Waals surface area contributed by atoms with Crippen LogP contribution in [0.3, 0.4) is 0 Å². The SMILES string of the molecule is Cn1cccc1CN1CCOc2c(O)cc(-c3cccs3)cc2C1. The highest BCUT2D eigenvalue weighted by atomic mass is 32.1.